The number of rotatable bonds is 4. The van der Waals surface area contributed by atoms with Crippen molar-refractivity contribution in [1.82, 2.24) is 10.2 Å². The second-order valence-electron chi connectivity index (χ2n) is 6.61. The number of hydrogen-bond donors (Lipinski definition) is 2. The highest BCUT2D eigenvalue weighted by Gasteiger charge is 2.44. The molecule has 2 aromatic rings. The van der Waals surface area contributed by atoms with E-state index in [1.807, 2.05) is 49.4 Å². The van der Waals surface area contributed by atoms with Crippen molar-refractivity contribution in [3.05, 3.63) is 70.7 Å². The number of likely N-dealkylation sites (tertiary alicyclic amines) is 1. The normalized spacial score (nSPS) is 24.0. The highest BCUT2D eigenvalue weighted by Crippen LogP contribution is 2.37. The van der Waals surface area contributed by atoms with Crippen LogP contribution in [0.2, 0.25) is 5.02 Å². The fourth-order valence-corrected chi connectivity index (χ4v) is 3.73. The molecule has 5 heteroatoms. The van der Waals surface area contributed by atoms with Crippen LogP contribution in [0.1, 0.15) is 24.0 Å². The molecule has 126 valence electrons. The fraction of sp³-hybridized carbons (Fsp3) is 0.316. The number of carbonyl (C=O) groups is 1. The summed E-state index contributed by atoms with van der Waals surface area (Å²) in [6.45, 7) is 4.25. The summed E-state index contributed by atoms with van der Waals surface area (Å²) in [6, 6.07) is 17.9. The van der Waals surface area contributed by atoms with Gasteiger partial charge in [0, 0.05) is 30.6 Å². The van der Waals surface area contributed by atoms with Gasteiger partial charge in [-0.1, -0.05) is 54.1 Å². The molecule has 24 heavy (non-hydrogen) atoms. The monoisotopic (exact) mass is 344 g/mol. The lowest BCUT2D eigenvalue weighted by Gasteiger charge is -2.31. The lowest BCUT2D eigenvalue weighted by molar-refractivity contribution is 0.177. The number of nitrogens with one attached hydrogen (secondary N) is 1. The lowest BCUT2D eigenvalue weighted by atomic mass is 9.83. The molecule has 0 aliphatic carbocycles. The number of carboxylic acid groups (broad SMARTS) is 1. The maximum Gasteiger partial charge on any atom is 0.405 e. The Hall–Kier alpha value is -2.04. The first kappa shape index (κ1) is 16.8. The Balaban J connectivity index is 1.84. The van der Waals surface area contributed by atoms with E-state index in [1.165, 1.54) is 5.56 Å². The van der Waals surface area contributed by atoms with Gasteiger partial charge in [0.15, 0.2) is 0 Å². The molecule has 2 aromatic carbocycles. The maximum atomic E-state index is 11.3. The minimum absolute atomic E-state index is 0.0783. The summed E-state index contributed by atoms with van der Waals surface area (Å²) < 4.78 is 0. The van der Waals surface area contributed by atoms with Gasteiger partial charge in [0.25, 0.3) is 0 Å². The molecular formula is C19H21ClN2O2. The van der Waals surface area contributed by atoms with Gasteiger partial charge >= 0.3 is 6.09 Å². The quantitative estimate of drug-likeness (QED) is 0.882. The Morgan fingerprint density at radius 3 is 2.54 bits per heavy atom. The molecule has 0 bridgehead atoms. The first-order valence-electron chi connectivity index (χ1n) is 7.99. The van der Waals surface area contributed by atoms with Gasteiger partial charge < -0.3 is 10.4 Å². The number of benzene rings is 2. The Labute approximate surface area is 147 Å². The molecular weight excluding hydrogens is 324 g/mol. The van der Waals surface area contributed by atoms with Gasteiger partial charge in [-0.25, -0.2) is 4.79 Å². The molecule has 0 spiro atoms. The number of nitrogens with zero attached hydrogens (tertiary/aromatic N) is 1. The van der Waals surface area contributed by atoms with Crippen LogP contribution < -0.4 is 5.32 Å². The van der Waals surface area contributed by atoms with Crippen LogP contribution in [0.15, 0.2) is 54.6 Å². The number of halogens is 1. The highest BCUT2D eigenvalue weighted by molar-refractivity contribution is 6.30. The van der Waals surface area contributed by atoms with Crippen molar-refractivity contribution in [2.24, 2.45) is 0 Å². The molecule has 1 saturated heterocycles. The highest BCUT2D eigenvalue weighted by atomic mass is 35.5. The molecule has 1 aliphatic heterocycles. The van der Waals surface area contributed by atoms with Crippen LogP contribution in [0.4, 0.5) is 4.79 Å². The molecule has 0 aromatic heterocycles. The van der Waals surface area contributed by atoms with Gasteiger partial charge in [-0.05, 0) is 30.2 Å². The van der Waals surface area contributed by atoms with Crippen molar-refractivity contribution in [3.8, 4) is 0 Å². The van der Waals surface area contributed by atoms with Crippen LogP contribution in [0.25, 0.3) is 0 Å². The maximum absolute atomic E-state index is 11.3. The third kappa shape index (κ3) is 3.71. The zero-order valence-electron chi connectivity index (χ0n) is 13.6. The van der Waals surface area contributed by atoms with Gasteiger partial charge in [-0.15, -0.1) is 0 Å². The first-order valence-corrected chi connectivity index (χ1v) is 8.37. The van der Waals surface area contributed by atoms with Crippen molar-refractivity contribution in [3.63, 3.8) is 0 Å². The van der Waals surface area contributed by atoms with Gasteiger partial charge in [-0.2, -0.15) is 0 Å². The van der Waals surface area contributed by atoms with E-state index >= 15 is 0 Å². The zero-order valence-corrected chi connectivity index (χ0v) is 14.3. The van der Waals surface area contributed by atoms with Crippen LogP contribution in [-0.4, -0.2) is 34.7 Å². The Morgan fingerprint density at radius 1 is 1.25 bits per heavy atom. The Morgan fingerprint density at radius 2 is 1.92 bits per heavy atom. The van der Waals surface area contributed by atoms with E-state index in [9.17, 15) is 9.90 Å². The lowest BCUT2D eigenvalue weighted by Crippen LogP contribution is -2.50. The van der Waals surface area contributed by atoms with Crippen LogP contribution >= 0.6 is 11.6 Å². The minimum Gasteiger partial charge on any atom is -0.465 e. The van der Waals surface area contributed by atoms with Gasteiger partial charge in [0.1, 0.15) is 0 Å². The molecule has 2 N–H and O–H groups in total. The summed E-state index contributed by atoms with van der Waals surface area (Å²) in [5, 5.41) is 12.7. The SMILES string of the molecule is C[C@]1(NC(=O)O)CN(Cc2ccccc2)C[C@@H]1c1ccc(Cl)cc1. The predicted molar refractivity (Wildman–Crippen MR) is 95.5 cm³/mol. The van der Waals surface area contributed by atoms with Gasteiger partial charge in [0.2, 0.25) is 0 Å². The largest absolute Gasteiger partial charge is 0.465 e. The molecule has 1 fully saturated rings. The standard InChI is InChI=1S/C19H21ClN2O2/c1-19(21-18(23)24)13-22(11-14-5-3-2-4-6-14)12-17(19)15-7-9-16(20)10-8-15/h2-10,17,21H,11-13H2,1H3,(H,23,24)/t17-,19+/m1/s1. The summed E-state index contributed by atoms with van der Waals surface area (Å²) >= 11 is 5.99. The third-order valence-corrected chi connectivity index (χ3v) is 4.93. The molecule has 1 amide bonds. The summed E-state index contributed by atoms with van der Waals surface area (Å²) in [7, 11) is 0. The summed E-state index contributed by atoms with van der Waals surface area (Å²) in [6.07, 6.45) is -0.988. The van der Waals surface area contributed by atoms with Gasteiger partial charge in [0.05, 0.1) is 5.54 Å². The third-order valence-electron chi connectivity index (χ3n) is 4.68. The smallest absolute Gasteiger partial charge is 0.405 e. The van der Waals surface area contributed by atoms with Crippen LogP contribution in [0, 0.1) is 0 Å². The molecule has 1 heterocycles. The van der Waals surface area contributed by atoms with Crippen molar-refractivity contribution in [2.45, 2.75) is 24.9 Å². The van der Waals surface area contributed by atoms with Crippen LogP contribution in [0.5, 0.6) is 0 Å². The first-order chi connectivity index (χ1) is 11.5. The predicted octanol–water partition coefficient (Wildman–Crippen LogP) is 3.97. The van der Waals surface area contributed by atoms with E-state index in [0.717, 1.165) is 18.7 Å². The molecule has 0 radical (unpaired) electrons. The summed E-state index contributed by atoms with van der Waals surface area (Å²) in [5.41, 5.74) is 1.80. The van der Waals surface area contributed by atoms with E-state index in [1.54, 1.807) is 0 Å². The van der Waals surface area contributed by atoms with E-state index < -0.39 is 11.6 Å². The molecule has 2 atom stereocenters. The Kier molecular flexibility index (Phi) is 4.78. The fourth-order valence-electron chi connectivity index (χ4n) is 3.60. The molecule has 1 aliphatic rings. The molecule has 4 nitrogen and oxygen atoms in total. The number of hydrogen-bond acceptors (Lipinski definition) is 2. The second-order valence-corrected chi connectivity index (χ2v) is 7.04. The molecule has 0 saturated carbocycles. The van der Waals surface area contributed by atoms with Crippen molar-refractivity contribution in [1.29, 1.82) is 0 Å². The van der Waals surface area contributed by atoms with Crippen molar-refractivity contribution < 1.29 is 9.90 Å². The van der Waals surface area contributed by atoms with E-state index in [2.05, 4.69) is 22.3 Å². The summed E-state index contributed by atoms with van der Waals surface area (Å²) in [4.78, 5) is 13.6. The van der Waals surface area contributed by atoms with Crippen molar-refractivity contribution in [2.75, 3.05) is 13.1 Å². The minimum atomic E-state index is -0.988. The zero-order chi connectivity index (χ0) is 17.2. The number of amides is 1. The van der Waals surface area contributed by atoms with Crippen LogP contribution in [-0.2, 0) is 6.54 Å². The summed E-state index contributed by atoms with van der Waals surface area (Å²) in [5.74, 6) is 0.0783. The molecule has 3 rings (SSSR count). The van der Waals surface area contributed by atoms with Crippen molar-refractivity contribution >= 4 is 17.7 Å². The van der Waals surface area contributed by atoms with Crippen LogP contribution in [0.3, 0.4) is 0 Å². The second kappa shape index (κ2) is 6.83. The van der Waals surface area contributed by atoms with E-state index in [0.29, 0.717) is 11.6 Å². The van der Waals surface area contributed by atoms with E-state index in [4.69, 9.17) is 11.6 Å². The average molecular weight is 345 g/mol. The topological polar surface area (TPSA) is 52.6 Å². The molecule has 0 unspecified atom stereocenters. The van der Waals surface area contributed by atoms with Gasteiger partial charge in [-0.3, -0.25) is 4.90 Å². The average Bonchev–Trinajstić information content (AvgIpc) is 2.84. The van der Waals surface area contributed by atoms with E-state index in [-0.39, 0.29) is 5.92 Å². The Bertz CT molecular complexity index is 705.